The molecule has 0 unspecified atom stereocenters. The molecule has 0 amide bonds. The molecule has 3 nitrogen and oxygen atoms in total. The molecule has 0 spiro atoms. The summed E-state index contributed by atoms with van der Waals surface area (Å²) in [6.07, 6.45) is 3.50. The van der Waals surface area contributed by atoms with E-state index in [4.69, 9.17) is 4.42 Å². The summed E-state index contributed by atoms with van der Waals surface area (Å²) < 4.78 is 7.62. The van der Waals surface area contributed by atoms with Gasteiger partial charge in [-0.25, -0.2) is 4.98 Å². The zero-order chi connectivity index (χ0) is 11.9. The average Bonchev–Trinajstić information content (AvgIpc) is 2.99. The molecule has 0 saturated carbocycles. The van der Waals surface area contributed by atoms with Crippen LogP contribution in [0, 0.1) is 6.07 Å². The molecule has 3 heterocycles. The van der Waals surface area contributed by atoms with Crippen LogP contribution in [0.15, 0.2) is 59.3 Å². The van der Waals surface area contributed by atoms with Gasteiger partial charge in [-0.2, -0.15) is 24.3 Å². The van der Waals surface area contributed by atoms with Crippen molar-refractivity contribution in [1.82, 2.24) is 9.55 Å². The third-order valence-corrected chi connectivity index (χ3v) is 3.06. The molecule has 0 bridgehead atoms. The molecule has 0 aliphatic carbocycles. The van der Waals surface area contributed by atoms with Crippen molar-refractivity contribution in [2.75, 3.05) is 0 Å². The molecule has 0 aliphatic heterocycles. The molecular weight excluding hydrogens is 416 g/mol. The minimum absolute atomic E-state index is 0. The zero-order valence-electron chi connectivity index (χ0n) is 9.83. The van der Waals surface area contributed by atoms with Gasteiger partial charge in [0, 0.05) is 32.4 Å². The maximum Gasteiger partial charge on any atom is 0.161 e. The normalized spacial score (nSPS) is 10.7. The molecule has 4 heteroatoms. The second-order valence-electron chi connectivity index (χ2n) is 4.09. The Hall–Kier alpha value is -1.90. The first kappa shape index (κ1) is 12.1. The second-order valence-corrected chi connectivity index (χ2v) is 4.09. The van der Waals surface area contributed by atoms with Crippen LogP contribution in [0.25, 0.3) is 27.8 Å². The Morgan fingerprint density at radius 1 is 1.11 bits per heavy atom. The Morgan fingerprint density at radius 2 is 2.05 bits per heavy atom. The molecule has 0 atom stereocenters. The molecule has 0 saturated heterocycles. The van der Waals surface area contributed by atoms with E-state index in [1.54, 1.807) is 12.5 Å². The van der Waals surface area contributed by atoms with Gasteiger partial charge in [-0.1, -0.05) is 5.69 Å². The van der Waals surface area contributed by atoms with Crippen LogP contribution < -0.4 is 0 Å². The molecule has 0 N–H and O–H groups in total. The number of pyridine rings is 1. The fraction of sp³-hybridized carbons (Fsp3) is 0. The first-order valence-corrected chi connectivity index (χ1v) is 5.75. The Balaban J connectivity index is 0.00000110. The van der Waals surface area contributed by atoms with Crippen molar-refractivity contribution in [3.63, 3.8) is 0 Å². The molecule has 3 aromatic heterocycles. The van der Waals surface area contributed by atoms with E-state index in [-0.39, 0.29) is 20.1 Å². The summed E-state index contributed by atoms with van der Waals surface area (Å²) in [5.41, 5.74) is 3.76. The van der Waals surface area contributed by atoms with Gasteiger partial charge in [0.05, 0.1) is 17.2 Å². The van der Waals surface area contributed by atoms with E-state index >= 15 is 0 Å². The predicted molar refractivity (Wildman–Crippen MR) is 69.7 cm³/mol. The number of nitrogens with zero attached hydrogens (tertiary/aromatic N) is 2. The smallest absolute Gasteiger partial charge is 0.161 e. The van der Waals surface area contributed by atoms with E-state index in [1.807, 2.05) is 42.5 Å². The SMILES string of the molecule is [Ir].[c-]1ccccc1-n1c2ccoc2c2cccnc21. The molecule has 1 aromatic carbocycles. The Bertz CT molecular complexity index is 833. The summed E-state index contributed by atoms with van der Waals surface area (Å²) in [7, 11) is 0. The average molecular weight is 425 g/mol. The van der Waals surface area contributed by atoms with E-state index in [0.717, 1.165) is 27.8 Å². The standard InChI is InChI=1S/C15H9N2O.Ir/c1-2-5-11(6-3-1)17-13-8-10-18-14(13)12-7-4-9-16-15(12)17;/h1-5,7-10H;/q-1;. The van der Waals surface area contributed by atoms with Crippen molar-refractivity contribution in [2.45, 2.75) is 0 Å². The van der Waals surface area contributed by atoms with Crippen molar-refractivity contribution in [2.24, 2.45) is 0 Å². The minimum atomic E-state index is 0. The van der Waals surface area contributed by atoms with Gasteiger partial charge in [0.15, 0.2) is 5.58 Å². The van der Waals surface area contributed by atoms with E-state index in [1.165, 1.54) is 0 Å². The van der Waals surface area contributed by atoms with Crippen LogP contribution in [-0.2, 0) is 20.1 Å². The summed E-state index contributed by atoms with van der Waals surface area (Å²) in [5.74, 6) is 0. The molecule has 0 fully saturated rings. The first-order valence-electron chi connectivity index (χ1n) is 5.75. The van der Waals surface area contributed by atoms with Gasteiger partial charge in [0.1, 0.15) is 5.65 Å². The fourth-order valence-corrected chi connectivity index (χ4v) is 2.31. The Morgan fingerprint density at radius 3 is 2.89 bits per heavy atom. The van der Waals surface area contributed by atoms with Crippen LogP contribution in [0.4, 0.5) is 0 Å². The van der Waals surface area contributed by atoms with E-state index in [0.29, 0.717) is 0 Å². The Kier molecular flexibility index (Phi) is 2.97. The minimum Gasteiger partial charge on any atom is -0.462 e. The van der Waals surface area contributed by atoms with Gasteiger partial charge >= 0.3 is 0 Å². The third-order valence-electron chi connectivity index (χ3n) is 3.06. The third kappa shape index (κ3) is 1.72. The number of hydrogen-bond donors (Lipinski definition) is 0. The second kappa shape index (κ2) is 4.65. The van der Waals surface area contributed by atoms with E-state index < -0.39 is 0 Å². The molecule has 0 aliphatic rings. The van der Waals surface area contributed by atoms with Crippen molar-refractivity contribution in [1.29, 1.82) is 0 Å². The molecule has 95 valence electrons. The largest absolute Gasteiger partial charge is 0.462 e. The van der Waals surface area contributed by atoms with Gasteiger partial charge in [-0.3, -0.25) is 0 Å². The van der Waals surface area contributed by atoms with Crippen molar-refractivity contribution < 1.29 is 24.5 Å². The predicted octanol–water partition coefficient (Wildman–Crippen LogP) is 3.57. The van der Waals surface area contributed by atoms with Crippen LogP contribution in [0.2, 0.25) is 0 Å². The Labute approximate surface area is 123 Å². The van der Waals surface area contributed by atoms with Gasteiger partial charge in [-0.15, -0.1) is 6.07 Å². The fourth-order valence-electron chi connectivity index (χ4n) is 2.31. The van der Waals surface area contributed by atoms with Crippen molar-refractivity contribution >= 4 is 22.1 Å². The van der Waals surface area contributed by atoms with Gasteiger partial charge < -0.3 is 8.98 Å². The summed E-state index contributed by atoms with van der Waals surface area (Å²) in [5, 5.41) is 1.02. The topological polar surface area (TPSA) is 31.0 Å². The van der Waals surface area contributed by atoms with Crippen LogP contribution in [0.3, 0.4) is 0 Å². The number of para-hydroxylation sites is 1. The molecule has 4 aromatic rings. The number of benzene rings is 1. The number of aromatic nitrogens is 2. The number of furan rings is 1. The molecule has 1 radical (unpaired) electrons. The van der Waals surface area contributed by atoms with Crippen LogP contribution in [-0.4, -0.2) is 9.55 Å². The maximum absolute atomic E-state index is 5.56. The summed E-state index contributed by atoms with van der Waals surface area (Å²) in [6.45, 7) is 0. The summed E-state index contributed by atoms with van der Waals surface area (Å²) >= 11 is 0. The monoisotopic (exact) mass is 426 g/mol. The summed E-state index contributed by atoms with van der Waals surface area (Å²) in [6, 6.07) is 17.0. The summed E-state index contributed by atoms with van der Waals surface area (Å²) in [4.78, 5) is 4.45. The molecule has 19 heavy (non-hydrogen) atoms. The molecular formula is C15H9IrN2O-. The molecule has 4 rings (SSSR count). The van der Waals surface area contributed by atoms with E-state index in [9.17, 15) is 0 Å². The first-order chi connectivity index (χ1) is 8.95. The maximum atomic E-state index is 5.56. The number of fused-ring (bicyclic) bond motifs is 3. The van der Waals surface area contributed by atoms with Gasteiger partial charge in [-0.05, 0) is 12.1 Å². The van der Waals surface area contributed by atoms with Gasteiger partial charge in [0.2, 0.25) is 0 Å². The van der Waals surface area contributed by atoms with Crippen LogP contribution >= 0.6 is 0 Å². The van der Waals surface area contributed by atoms with Crippen LogP contribution in [0.1, 0.15) is 0 Å². The zero-order valence-corrected chi connectivity index (χ0v) is 12.2. The van der Waals surface area contributed by atoms with Crippen LogP contribution in [0.5, 0.6) is 0 Å². The number of hydrogen-bond acceptors (Lipinski definition) is 2. The van der Waals surface area contributed by atoms with Gasteiger partial charge in [0.25, 0.3) is 0 Å². The number of rotatable bonds is 1. The van der Waals surface area contributed by atoms with Crippen molar-refractivity contribution in [3.05, 3.63) is 61.0 Å². The van der Waals surface area contributed by atoms with Crippen molar-refractivity contribution in [3.8, 4) is 5.69 Å². The van der Waals surface area contributed by atoms with E-state index in [2.05, 4.69) is 15.6 Å². The quantitative estimate of drug-likeness (QED) is 0.437.